The standard InChI is InChI=1S/C13H25N3O2/c1-7-14-9(3)12-15-11(16-18-12)10(17-8-2)13(4,5)6/h9-10,14H,7-8H2,1-6H3. The van der Waals surface area contributed by atoms with Crippen molar-refractivity contribution in [2.24, 2.45) is 5.41 Å². The average Bonchev–Trinajstić information content (AvgIpc) is 2.73. The van der Waals surface area contributed by atoms with E-state index in [4.69, 9.17) is 9.26 Å². The molecule has 1 N–H and O–H groups in total. The Morgan fingerprint density at radius 1 is 1.33 bits per heavy atom. The number of ether oxygens (including phenoxy) is 1. The molecule has 18 heavy (non-hydrogen) atoms. The molecule has 0 aliphatic heterocycles. The fourth-order valence-corrected chi connectivity index (χ4v) is 1.80. The molecule has 2 atom stereocenters. The van der Waals surface area contributed by atoms with Crippen molar-refractivity contribution in [3.8, 4) is 0 Å². The van der Waals surface area contributed by atoms with Gasteiger partial charge in [0, 0.05) is 6.61 Å². The Kier molecular flexibility index (Phi) is 5.28. The molecule has 0 saturated heterocycles. The molecule has 0 radical (unpaired) electrons. The first-order valence-electron chi connectivity index (χ1n) is 6.58. The van der Waals surface area contributed by atoms with Gasteiger partial charge in [-0.15, -0.1) is 0 Å². The van der Waals surface area contributed by atoms with E-state index >= 15 is 0 Å². The van der Waals surface area contributed by atoms with Crippen LogP contribution in [0.15, 0.2) is 4.52 Å². The molecule has 1 rings (SSSR count). The van der Waals surface area contributed by atoms with Gasteiger partial charge < -0.3 is 14.6 Å². The van der Waals surface area contributed by atoms with Gasteiger partial charge in [0.2, 0.25) is 11.7 Å². The summed E-state index contributed by atoms with van der Waals surface area (Å²) in [4.78, 5) is 4.45. The molecule has 0 aromatic carbocycles. The Morgan fingerprint density at radius 2 is 2.00 bits per heavy atom. The Balaban J connectivity index is 2.87. The van der Waals surface area contributed by atoms with E-state index in [9.17, 15) is 0 Å². The van der Waals surface area contributed by atoms with Gasteiger partial charge in [0.15, 0.2) is 0 Å². The van der Waals surface area contributed by atoms with E-state index in [1.54, 1.807) is 0 Å². The second-order valence-electron chi connectivity index (χ2n) is 5.47. The SMILES string of the molecule is CCNC(C)c1nc(C(OCC)C(C)(C)C)no1. The molecular formula is C13H25N3O2. The van der Waals surface area contributed by atoms with Gasteiger partial charge in [-0.3, -0.25) is 0 Å². The Hall–Kier alpha value is -0.940. The van der Waals surface area contributed by atoms with Crippen LogP contribution in [0.1, 0.15) is 65.4 Å². The lowest BCUT2D eigenvalue weighted by Crippen LogP contribution is -2.23. The summed E-state index contributed by atoms with van der Waals surface area (Å²) in [6, 6.07) is 0.0681. The lowest BCUT2D eigenvalue weighted by Gasteiger charge is -2.27. The van der Waals surface area contributed by atoms with Crippen LogP contribution in [0.2, 0.25) is 0 Å². The molecular weight excluding hydrogens is 230 g/mol. The third-order valence-electron chi connectivity index (χ3n) is 2.69. The van der Waals surface area contributed by atoms with Gasteiger partial charge in [-0.05, 0) is 25.8 Å². The summed E-state index contributed by atoms with van der Waals surface area (Å²) in [7, 11) is 0. The van der Waals surface area contributed by atoms with Crippen molar-refractivity contribution in [3.05, 3.63) is 11.7 Å². The summed E-state index contributed by atoms with van der Waals surface area (Å²) in [5.41, 5.74) is -0.0570. The quantitative estimate of drug-likeness (QED) is 0.847. The van der Waals surface area contributed by atoms with Crippen LogP contribution in [0.25, 0.3) is 0 Å². The van der Waals surface area contributed by atoms with Crippen LogP contribution in [-0.4, -0.2) is 23.3 Å². The molecule has 104 valence electrons. The highest BCUT2D eigenvalue weighted by atomic mass is 16.5. The number of rotatable bonds is 6. The van der Waals surface area contributed by atoms with Crippen LogP contribution in [0.4, 0.5) is 0 Å². The third kappa shape index (κ3) is 3.78. The van der Waals surface area contributed by atoms with Crippen LogP contribution in [0.3, 0.4) is 0 Å². The van der Waals surface area contributed by atoms with Crippen molar-refractivity contribution in [2.75, 3.05) is 13.2 Å². The molecule has 5 heteroatoms. The largest absolute Gasteiger partial charge is 0.370 e. The third-order valence-corrected chi connectivity index (χ3v) is 2.69. The second-order valence-corrected chi connectivity index (χ2v) is 5.47. The van der Waals surface area contributed by atoms with Crippen LogP contribution < -0.4 is 5.32 Å². The lowest BCUT2D eigenvalue weighted by molar-refractivity contribution is -0.0203. The van der Waals surface area contributed by atoms with Gasteiger partial charge in [-0.25, -0.2) is 0 Å². The minimum Gasteiger partial charge on any atom is -0.370 e. The number of hydrogen-bond acceptors (Lipinski definition) is 5. The van der Waals surface area contributed by atoms with E-state index in [2.05, 4.69) is 36.2 Å². The summed E-state index contributed by atoms with van der Waals surface area (Å²) in [5, 5.41) is 7.30. The highest BCUT2D eigenvalue weighted by Gasteiger charge is 2.31. The maximum absolute atomic E-state index is 5.74. The zero-order valence-electron chi connectivity index (χ0n) is 12.3. The zero-order valence-corrected chi connectivity index (χ0v) is 12.3. The van der Waals surface area contributed by atoms with Gasteiger partial charge in [0.25, 0.3) is 0 Å². The molecule has 1 heterocycles. The predicted octanol–water partition coefficient (Wildman–Crippen LogP) is 2.86. The van der Waals surface area contributed by atoms with Crippen molar-refractivity contribution < 1.29 is 9.26 Å². The van der Waals surface area contributed by atoms with E-state index in [1.165, 1.54) is 0 Å². The molecule has 0 aliphatic rings. The van der Waals surface area contributed by atoms with Gasteiger partial charge in [0.05, 0.1) is 6.04 Å². The van der Waals surface area contributed by atoms with Crippen LogP contribution in [0, 0.1) is 5.41 Å². The molecule has 0 spiro atoms. The van der Waals surface area contributed by atoms with E-state index < -0.39 is 0 Å². The molecule has 2 unspecified atom stereocenters. The van der Waals surface area contributed by atoms with E-state index in [1.807, 2.05) is 20.8 Å². The molecule has 0 aliphatic carbocycles. The molecule has 1 aromatic heterocycles. The summed E-state index contributed by atoms with van der Waals surface area (Å²) in [6.45, 7) is 13.9. The maximum atomic E-state index is 5.74. The molecule has 0 fully saturated rings. The predicted molar refractivity (Wildman–Crippen MR) is 70.2 cm³/mol. The minimum atomic E-state index is -0.145. The fraction of sp³-hybridized carbons (Fsp3) is 0.846. The summed E-state index contributed by atoms with van der Waals surface area (Å²) < 4.78 is 11.0. The minimum absolute atomic E-state index is 0.0570. The number of nitrogens with zero attached hydrogens (tertiary/aromatic N) is 2. The normalized spacial score (nSPS) is 15.7. The van der Waals surface area contributed by atoms with Crippen LogP contribution in [0.5, 0.6) is 0 Å². The monoisotopic (exact) mass is 255 g/mol. The maximum Gasteiger partial charge on any atom is 0.243 e. The van der Waals surface area contributed by atoms with Gasteiger partial charge in [-0.1, -0.05) is 32.9 Å². The topological polar surface area (TPSA) is 60.2 Å². The van der Waals surface area contributed by atoms with Crippen molar-refractivity contribution >= 4 is 0 Å². The van der Waals surface area contributed by atoms with E-state index in [-0.39, 0.29) is 17.6 Å². The highest BCUT2D eigenvalue weighted by Crippen LogP contribution is 2.34. The zero-order chi connectivity index (χ0) is 13.8. The van der Waals surface area contributed by atoms with Gasteiger partial charge in [0.1, 0.15) is 6.10 Å². The first-order chi connectivity index (χ1) is 8.40. The van der Waals surface area contributed by atoms with Crippen molar-refractivity contribution in [1.29, 1.82) is 0 Å². The van der Waals surface area contributed by atoms with Crippen molar-refractivity contribution in [1.82, 2.24) is 15.5 Å². The Morgan fingerprint density at radius 3 is 2.50 bits per heavy atom. The van der Waals surface area contributed by atoms with Crippen molar-refractivity contribution in [3.63, 3.8) is 0 Å². The Bertz CT molecular complexity index is 357. The second kappa shape index (κ2) is 6.29. The van der Waals surface area contributed by atoms with E-state index in [0.717, 1.165) is 6.54 Å². The summed E-state index contributed by atoms with van der Waals surface area (Å²) in [5.74, 6) is 1.24. The molecule has 0 bridgehead atoms. The lowest BCUT2D eigenvalue weighted by atomic mass is 9.88. The Labute approximate surface area is 109 Å². The highest BCUT2D eigenvalue weighted by molar-refractivity contribution is 4.98. The number of aromatic nitrogens is 2. The fourth-order valence-electron chi connectivity index (χ4n) is 1.80. The number of hydrogen-bond donors (Lipinski definition) is 1. The molecule has 0 amide bonds. The molecule has 0 saturated carbocycles. The average molecular weight is 255 g/mol. The summed E-state index contributed by atoms with van der Waals surface area (Å²) >= 11 is 0. The summed E-state index contributed by atoms with van der Waals surface area (Å²) in [6.07, 6.45) is -0.145. The van der Waals surface area contributed by atoms with Crippen molar-refractivity contribution in [2.45, 2.75) is 53.7 Å². The van der Waals surface area contributed by atoms with E-state index in [0.29, 0.717) is 18.3 Å². The van der Waals surface area contributed by atoms with Gasteiger partial charge >= 0.3 is 0 Å². The first-order valence-corrected chi connectivity index (χ1v) is 6.58. The van der Waals surface area contributed by atoms with Gasteiger partial charge in [-0.2, -0.15) is 4.98 Å². The number of nitrogens with one attached hydrogen (secondary N) is 1. The first kappa shape index (κ1) is 15.1. The smallest absolute Gasteiger partial charge is 0.243 e. The molecule has 5 nitrogen and oxygen atoms in total. The molecule has 1 aromatic rings. The van der Waals surface area contributed by atoms with Crippen LogP contribution in [-0.2, 0) is 4.74 Å². The van der Waals surface area contributed by atoms with Crippen LogP contribution >= 0.6 is 0 Å².